The van der Waals surface area contributed by atoms with Crippen LogP contribution in [-0.2, 0) is 6.42 Å². The quantitative estimate of drug-likeness (QED) is 0.292. The number of likely N-dealkylation sites (tertiary alicyclic amines) is 1. The van der Waals surface area contributed by atoms with E-state index in [4.69, 9.17) is 21.3 Å². The molecule has 0 aliphatic carbocycles. The van der Waals surface area contributed by atoms with Crippen LogP contribution in [0.25, 0.3) is 11.3 Å². The number of rotatable bonds is 6. The third-order valence-corrected chi connectivity index (χ3v) is 8.16. The molecule has 2 aliphatic heterocycles. The summed E-state index contributed by atoms with van der Waals surface area (Å²) in [4.78, 5) is 26.7. The van der Waals surface area contributed by atoms with Crippen molar-refractivity contribution in [1.29, 1.82) is 0 Å². The van der Waals surface area contributed by atoms with Crippen molar-refractivity contribution in [2.45, 2.75) is 25.3 Å². The van der Waals surface area contributed by atoms with Crippen LogP contribution in [0.5, 0.6) is 5.75 Å². The number of nitrogens with zero attached hydrogens (tertiary/aromatic N) is 4. The maximum absolute atomic E-state index is 13.0. The second-order valence-corrected chi connectivity index (χ2v) is 10.8. The van der Waals surface area contributed by atoms with Crippen molar-refractivity contribution >= 4 is 40.5 Å². The zero-order chi connectivity index (χ0) is 28.3. The van der Waals surface area contributed by atoms with E-state index in [1.54, 1.807) is 7.11 Å². The molecule has 3 heterocycles. The minimum Gasteiger partial charge on any atom is -0.495 e. The summed E-state index contributed by atoms with van der Waals surface area (Å²) in [6.07, 6.45) is 4.59. The number of methoxy groups -OCH3 is 1. The molecule has 6 rings (SSSR count). The lowest BCUT2D eigenvalue weighted by Crippen LogP contribution is -2.43. The average Bonchev–Trinajstić information content (AvgIpc) is 3.17. The lowest BCUT2D eigenvalue weighted by Gasteiger charge is -2.31. The first-order valence-corrected chi connectivity index (χ1v) is 14.3. The Morgan fingerprint density at radius 1 is 1.00 bits per heavy atom. The van der Waals surface area contributed by atoms with Gasteiger partial charge in [0, 0.05) is 53.7 Å². The number of halogens is 1. The summed E-state index contributed by atoms with van der Waals surface area (Å²) >= 11 is 6.49. The summed E-state index contributed by atoms with van der Waals surface area (Å²) in [6, 6.07) is 21.9. The molecule has 1 fully saturated rings. The standard InChI is InChI=1S/C32H33ClN6O2/c1-34-24-14-16-38(17-15-24)31(40)21-7-10-25(11-8-21)36-32-35-20-22-13-18-39(27-5-3-4-6-29(27)41-2)28-19-23(33)9-12-26(28)30(22)37-32/h3-12,19-20,24,34H,13-18H2,1-2H3,(H,35,36,37). The van der Waals surface area contributed by atoms with Crippen LogP contribution in [0.2, 0.25) is 5.02 Å². The van der Waals surface area contributed by atoms with E-state index < -0.39 is 0 Å². The first kappa shape index (κ1) is 27.1. The molecule has 3 aromatic carbocycles. The predicted molar refractivity (Wildman–Crippen MR) is 164 cm³/mol. The van der Waals surface area contributed by atoms with Gasteiger partial charge in [0.15, 0.2) is 0 Å². The van der Waals surface area contributed by atoms with Crippen molar-refractivity contribution in [2.75, 3.05) is 44.0 Å². The lowest BCUT2D eigenvalue weighted by atomic mass is 10.0. The van der Waals surface area contributed by atoms with Crippen molar-refractivity contribution in [3.63, 3.8) is 0 Å². The average molecular weight is 569 g/mol. The number of para-hydroxylation sites is 2. The fourth-order valence-electron chi connectivity index (χ4n) is 5.65. The topological polar surface area (TPSA) is 82.6 Å². The molecular formula is C32H33ClN6O2. The molecule has 2 N–H and O–H groups in total. The Kier molecular flexibility index (Phi) is 7.76. The van der Waals surface area contributed by atoms with Gasteiger partial charge in [0.25, 0.3) is 5.91 Å². The molecule has 41 heavy (non-hydrogen) atoms. The van der Waals surface area contributed by atoms with E-state index in [1.807, 2.05) is 78.8 Å². The molecule has 1 saturated heterocycles. The smallest absolute Gasteiger partial charge is 0.253 e. The number of carbonyl (C=O) groups excluding carboxylic acids is 1. The molecule has 0 saturated carbocycles. The van der Waals surface area contributed by atoms with Crippen LogP contribution in [0.1, 0.15) is 28.8 Å². The van der Waals surface area contributed by atoms with Gasteiger partial charge in [0.05, 0.1) is 24.2 Å². The predicted octanol–water partition coefficient (Wildman–Crippen LogP) is 6.07. The number of hydrogen-bond donors (Lipinski definition) is 2. The fourth-order valence-corrected chi connectivity index (χ4v) is 5.81. The highest BCUT2D eigenvalue weighted by Gasteiger charge is 2.25. The van der Waals surface area contributed by atoms with E-state index in [2.05, 4.69) is 26.6 Å². The van der Waals surface area contributed by atoms with Gasteiger partial charge >= 0.3 is 0 Å². The molecule has 210 valence electrons. The minimum atomic E-state index is 0.0715. The van der Waals surface area contributed by atoms with Gasteiger partial charge in [0.1, 0.15) is 5.75 Å². The molecule has 1 aromatic heterocycles. The summed E-state index contributed by atoms with van der Waals surface area (Å²) in [5.74, 6) is 1.35. The Hall–Kier alpha value is -4.14. The second-order valence-electron chi connectivity index (χ2n) is 10.4. The Labute approximate surface area is 245 Å². The highest BCUT2D eigenvalue weighted by atomic mass is 35.5. The number of benzene rings is 3. The van der Waals surface area contributed by atoms with E-state index in [0.29, 0.717) is 22.6 Å². The first-order valence-electron chi connectivity index (χ1n) is 13.9. The number of hydrogen-bond acceptors (Lipinski definition) is 7. The second kappa shape index (κ2) is 11.8. The summed E-state index contributed by atoms with van der Waals surface area (Å²) in [5, 5.41) is 7.28. The van der Waals surface area contributed by atoms with E-state index >= 15 is 0 Å². The fraction of sp³-hybridized carbons (Fsp3) is 0.281. The van der Waals surface area contributed by atoms with Crippen molar-refractivity contribution < 1.29 is 9.53 Å². The number of nitrogens with one attached hydrogen (secondary N) is 2. The number of amides is 1. The minimum absolute atomic E-state index is 0.0715. The Balaban J connectivity index is 1.25. The van der Waals surface area contributed by atoms with Crippen LogP contribution < -0.4 is 20.3 Å². The van der Waals surface area contributed by atoms with Gasteiger partial charge in [-0.15, -0.1) is 0 Å². The number of aromatic nitrogens is 2. The zero-order valence-electron chi connectivity index (χ0n) is 23.2. The molecule has 1 amide bonds. The molecule has 0 bridgehead atoms. The van der Waals surface area contributed by atoms with Crippen LogP contribution >= 0.6 is 11.6 Å². The maximum Gasteiger partial charge on any atom is 0.253 e. The van der Waals surface area contributed by atoms with Gasteiger partial charge < -0.3 is 25.2 Å². The molecule has 0 atom stereocenters. The lowest BCUT2D eigenvalue weighted by molar-refractivity contribution is 0.0707. The highest BCUT2D eigenvalue weighted by Crippen LogP contribution is 2.43. The van der Waals surface area contributed by atoms with Crippen molar-refractivity contribution in [3.8, 4) is 17.0 Å². The number of piperidine rings is 1. The summed E-state index contributed by atoms with van der Waals surface area (Å²) < 4.78 is 5.67. The van der Waals surface area contributed by atoms with Crippen molar-refractivity contribution in [2.24, 2.45) is 0 Å². The largest absolute Gasteiger partial charge is 0.495 e. The van der Waals surface area contributed by atoms with Gasteiger partial charge in [-0.1, -0.05) is 23.7 Å². The Morgan fingerprint density at radius 2 is 1.78 bits per heavy atom. The number of ether oxygens (including phenoxy) is 1. The third-order valence-electron chi connectivity index (χ3n) is 7.93. The van der Waals surface area contributed by atoms with E-state index in [1.165, 1.54) is 0 Å². The van der Waals surface area contributed by atoms with E-state index in [0.717, 1.165) is 78.5 Å². The van der Waals surface area contributed by atoms with Crippen LogP contribution in [0.3, 0.4) is 0 Å². The van der Waals surface area contributed by atoms with Crippen LogP contribution in [0.15, 0.2) is 72.9 Å². The Morgan fingerprint density at radius 3 is 2.54 bits per heavy atom. The molecule has 0 radical (unpaired) electrons. The summed E-state index contributed by atoms with van der Waals surface area (Å²) in [5.41, 5.74) is 6.33. The van der Waals surface area contributed by atoms with Gasteiger partial charge in [-0.05, 0) is 86.5 Å². The number of anilines is 4. The van der Waals surface area contributed by atoms with Crippen molar-refractivity contribution in [1.82, 2.24) is 20.2 Å². The zero-order valence-corrected chi connectivity index (χ0v) is 24.0. The number of carbonyl (C=O) groups is 1. The molecule has 4 aromatic rings. The highest BCUT2D eigenvalue weighted by molar-refractivity contribution is 6.31. The van der Waals surface area contributed by atoms with Gasteiger partial charge in [-0.3, -0.25) is 4.79 Å². The summed E-state index contributed by atoms with van der Waals surface area (Å²) in [7, 11) is 3.66. The van der Waals surface area contributed by atoms with Gasteiger partial charge in [0.2, 0.25) is 5.95 Å². The molecule has 2 aliphatic rings. The SMILES string of the molecule is CNC1CCN(C(=O)c2ccc(Nc3ncc4c(n3)-c3ccc(Cl)cc3N(c3ccccc3OC)CC4)cc2)CC1. The van der Waals surface area contributed by atoms with Crippen molar-refractivity contribution in [3.05, 3.63) is 89.1 Å². The van der Waals surface area contributed by atoms with Crippen LogP contribution in [0, 0.1) is 0 Å². The molecule has 8 nitrogen and oxygen atoms in total. The van der Waals surface area contributed by atoms with Crippen LogP contribution in [-0.4, -0.2) is 60.6 Å². The molecule has 0 unspecified atom stereocenters. The monoisotopic (exact) mass is 568 g/mol. The maximum atomic E-state index is 13.0. The normalized spacial score (nSPS) is 15.1. The number of fused-ring (bicyclic) bond motifs is 3. The molecule has 9 heteroatoms. The molecular weight excluding hydrogens is 536 g/mol. The van der Waals surface area contributed by atoms with E-state index in [9.17, 15) is 4.79 Å². The van der Waals surface area contributed by atoms with E-state index in [-0.39, 0.29) is 5.91 Å². The van der Waals surface area contributed by atoms with Gasteiger partial charge in [-0.25, -0.2) is 9.97 Å². The third kappa shape index (κ3) is 5.58. The van der Waals surface area contributed by atoms with Crippen LogP contribution in [0.4, 0.5) is 23.0 Å². The molecule has 0 spiro atoms. The van der Waals surface area contributed by atoms with Gasteiger partial charge in [-0.2, -0.15) is 0 Å². The first-order chi connectivity index (χ1) is 20.0. The summed E-state index contributed by atoms with van der Waals surface area (Å²) in [6.45, 7) is 2.27. The Bertz CT molecular complexity index is 1550.